The lowest BCUT2D eigenvalue weighted by Gasteiger charge is -2.13. The molecule has 45 heavy (non-hydrogen) atoms. The van der Waals surface area contributed by atoms with Gasteiger partial charge in [0, 0.05) is 25.6 Å². The minimum absolute atomic E-state index is 0.639. The van der Waals surface area contributed by atoms with Gasteiger partial charge in [0.2, 0.25) is 0 Å². The zero-order valence-electron chi connectivity index (χ0n) is 25.6. The molecule has 0 bridgehead atoms. The van der Waals surface area contributed by atoms with E-state index in [0.717, 1.165) is 48.7 Å². The Balaban J connectivity index is 1.47. The Morgan fingerprint density at radius 1 is 0.444 bits per heavy atom. The third kappa shape index (κ3) is 7.84. The van der Waals surface area contributed by atoms with Crippen LogP contribution in [-0.2, 0) is 6.42 Å². The molecule has 5 heteroatoms. The first kappa shape index (κ1) is 31.1. The standard InChI is InChI=1S/C40H35Br2N3/c1-3-4-5-6-7-28-10-14-30(15-11-28)34-24-33(29-12-8-27(2)9-13-29)25-35(26-34)40-44-38(31-16-20-36(41)21-17-31)43-39(45-40)32-18-22-37(42)23-19-32/h8-26H,3-7H2,1-2H3. The molecule has 0 saturated heterocycles. The van der Waals surface area contributed by atoms with E-state index in [9.17, 15) is 0 Å². The monoisotopic (exact) mass is 715 g/mol. The third-order valence-electron chi connectivity index (χ3n) is 8.02. The van der Waals surface area contributed by atoms with Crippen molar-refractivity contribution < 1.29 is 0 Å². The van der Waals surface area contributed by atoms with E-state index in [1.807, 2.05) is 48.5 Å². The van der Waals surface area contributed by atoms with Crippen LogP contribution >= 0.6 is 31.9 Å². The summed E-state index contributed by atoms with van der Waals surface area (Å²) in [5.74, 6) is 1.92. The fourth-order valence-electron chi connectivity index (χ4n) is 5.42. The van der Waals surface area contributed by atoms with Crippen molar-refractivity contribution in [3.8, 4) is 56.4 Å². The van der Waals surface area contributed by atoms with Crippen LogP contribution in [0.15, 0.2) is 124 Å². The van der Waals surface area contributed by atoms with Crippen molar-refractivity contribution in [2.75, 3.05) is 0 Å². The minimum atomic E-state index is 0.639. The lowest BCUT2D eigenvalue weighted by molar-refractivity contribution is 0.667. The summed E-state index contributed by atoms with van der Waals surface area (Å²) < 4.78 is 2.02. The summed E-state index contributed by atoms with van der Waals surface area (Å²) in [6.07, 6.45) is 6.21. The molecule has 0 aliphatic carbocycles. The highest BCUT2D eigenvalue weighted by molar-refractivity contribution is 9.10. The van der Waals surface area contributed by atoms with Gasteiger partial charge in [0.1, 0.15) is 0 Å². The number of unbranched alkanes of at least 4 members (excludes halogenated alkanes) is 3. The van der Waals surface area contributed by atoms with Crippen LogP contribution in [0.5, 0.6) is 0 Å². The average molecular weight is 718 g/mol. The van der Waals surface area contributed by atoms with Gasteiger partial charge in [-0.25, -0.2) is 15.0 Å². The first-order chi connectivity index (χ1) is 21.9. The summed E-state index contributed by atoms with van der Waals surface area (Å²) in [7, 11) is 0. The molecule has 0 unspecified atom stereocenters. The van der Waals surface area contributed by atoms with E-state index >= 15 is 0 Å². The maximum absolute atomic E-state index is 5.05. The maximum atomic E-state index is 5.05. The summed E-state index contributed by atoms with van der Waals surface area (Å²) in [5, 5.41) is 0. The van der Waals surface area contributed by atoms with Crippen molar-refractivity contribution >= 4 is 31.9 Å². The van der Waals surface area contributed by atoms with E-state index in [2.05, 4.69) is 112 Å². The Morgan fingerprint density at radius 2 is 0.867 bits per heavy atom. The maximum Gasteiger partial charge on any atom is 0.164 e. The van der Waals surface area contributed by atoms with Gasteiger partial charge in [0.15, 0.2) is 17.5 Å². The molecule has 0 amide bonds. The number of halogens is 2. The van der Waals surface area contributed by atoms with E-state index in [-0.39, 0.29) is 0 Å². The fraction of sp³-hybridized carbons (Fsp3) is 0.175. The molecule has 3 nitrogen and oxygen atoms in total. The molecule has 0 atom stereocenters. The lowest BCUT2D eigenvalue weighted by Crippen LogP contribution is -2.00. The van der Waals surface area contributed by atoms with Crippen molar-refractivity contribution in [1.29, 1.82) is 0 Å². The summed E-state index contributed by atoms with van der Waals surface area (Å²) >= 11 is 7.11. The normalized spacial score (nSPS) is 11.1. The molecule has 6 aromatic rings. The zero-order valence-corrected chi connectivity index (χ0v) is 28.8. The predicted octanol–water partition coefficient (Wildman–Crippen LogP) is 12.2. The summed E-state index contributed by atoms with van der Waals surface area (Å²) in [6, 6.07) is 40.6. The highest BCUT2D eigenvalue weighted by Crippen LogP contribution is 2.34. The summed E-state index contributed by atoms with van der Waals surface area (Å²) in [5.41, 5.74) is 10.0. The molecular formula is C40H35Br2N3. The van der Waals surface area contributed by atoms with Gasteiger partial charge in [-0.05, 0) is 90.0 Å². The number of nitrogens with zero attached hydrogens (tertiary/aromatic N) is 3. The van der Waals surface area contributed by atoms with Crippen LogP contribution in [-0.4, -0.2) is 15.0 Å². The quantitative estimate of drug-likeness (QED) is 0.132. The number of hydrogen-bond acceptors (Lipinski definition) is 3. The van der Waals surface area contributed by atoms with E-state index < -0.39 is 0 Å². The Hall–Kier alpha value is -3.93. The third-order valence-corrected chi connectivity index (χ3v) is 9.08. The Morgan fingerprint density at radius 3 is 1.36 bits per heavy atom. The van der Waals surface area contributed by atoms with E-state index in [1.165, 1.54) is 42.4 Å². The van der Waals surface area contributed by atoms with E-state index in [4.69, 9.17) is 15.0 Å². The Bertz CT molecular complexity index is 1820. The van der Waals surface area contributed by atoms with Crippen molar-refractivity contribution in [1.82, 2.24) is 15.0 Å². The van der Waals surface area contributed by atoms with E-state index in [1.54, 1.807) is 0 Å². The molecule has 0 N–H and O–H groups in total. The number of hydrogen-bond donors (Lipinski definition) is 0. The second kappa shape index (κ2) is 14.4. The molecule has 5 aromatic carbocycles. The predicted molar refractivity (Wildman–Crippen MR) is 195 cm³/mol. The molecule has 1 aromatic heterocycles. The number of aryl methyl sites for hydroxylation is 2. The van der Waals surface area contributed by atoms with Gasteiger partial charge in [0.25, 0.3) is 0 Å². The van der Waals surface area contributed by atoms with Crippen LogP contribution < -0.4 is 0 Å². The van der Waals surface area contributed by atoms with Crippen LogP contribution in [0.25, 0.3) is 56.4 Å². The average Bonchev–Trinajstić information content (AvgIpc) is 3.07. The van der Waals surface area contributed by atoms with E-state index in [0.29, 0.717) is 17.5 Å². The second-order valence-electron chi connectivity index (χ2n) is 11.5. The van der Waals surface area contributed by atoms with Crippen molar-refractivity contribution in [3.63, 3.8) is 0 Å². The number of aromatic nitrogens is 3. The van der Waals surface area contributed by atoms with Crippen molar-refractivity contribution in [2.24, 2.45) is 0 Å². The van der Waals surface area contributed by atoms with Crippen LogP contribution in [0.2, 0.25) is 0 Å². The molecule has 0 saturated carbocycles. The van der Waals surface area contributed by atoms with Crippen LogP contribution in [0.4, 0.5) is 0 Å². The Labute approximate surface area is 283 Å². The molecule has 0 aliphatic rings. The number of benzene rings is 5. The SMILES string of the molecule is CCCCCCc1ccc(-c2cc(-c3ccc(C)cc3)cc(-c3nc(-c4ccc(Br)cc4)nc(-c4ccc(Br)cc4)n3)c2)cc1. The second-order valence-corrected chi connectivity index (χ2v) is 13.3. The first-order valence-corrected chi connectivity index (χ1v) is 17.1. The molecule has 0 radical (unpaired) electrons. The molecular weight excluding hydrogens is 682 g/mol. The summed E-state index contributed by atoms with van der Waals surface area (Å²) in [6.45, 7) is 4.38. The molecule has 0 aliphatic heterocycles. The smallest absolute Gasteiger partial charge is 0.164 e. The van der Waals surface area contributed by atoms with Gasteiger partial charge in [-0.15, -0.1) is 0 Å². The van der Waals surface area contributed by atoms with Gasteiger partial charge in [-0.2, -0.15) is 0 Å². The summed E-state index contributed by atoms with van der Waals surface area (Å²) in [4.78, 5) is 15.0. The molecule has 0 spiro atoms. The highest BCUT2D eigenvalue weighted by Gasteiger charge is 2.15. The molecule has 0 fully saturated rings. The largest absolute Gasteiger partial charge is 0.208 e. The minimum Gasteiger partial charge on any atom is -0.208 e. The van der Waals surface area contributed by atoms with Crippen LogP contribution in [0.3, 0.4) is 0 Å². The van der Waals surface area contributed by atoms with Crippen molar-refractivity contribution in [2.45, 2.75) is 46.0 Å². The molecule has 224 valence electrons. The van der Waals surface area contributed by atoms with Gasteiger partial charge in [-0.1, -0.05) is 136 Å². The van der Waals surface area contributed by atoms with Crippen LogP contribution in [0.1, 0.15) is 43.7 Å². The topological polar surface area (TPSA) is 38.7 Å². The first-order valence-electron chi connectivity index (χ1n) is 15.5. The molecule has 1 heterocycles. The van der Waals surface area contributed by atoms with Gasteiger partial charge < -0.3 is 0 Å². The van der Waals surface area contributed by atoms with Gasteiger partial charge >= 0.3 is 0 Å². The fourth-order valence-corrected chi connectivity index (χ4v) is 5.95. The Kier molecular flexibility index (Phi) is 9.97. The van der Waals surface area contributed by atoms with Gasteiger partial charge in [0.05, 0.1) is 0 Å². The lowest BCUT2D eigenvalue weighted by atomic mass is 9.94. The van der Waals surface area contributed by atoms with Crippen LogP contribution in [0, 0.1) is 6.92 Å². The molecule has 6 rings (SSSR count). The zero-order chi connectivity index (χ0) is 31.2. The highest BCUT2D eigenvalue weighted by atomic mass is 79.9. The van der Waals surface area contributed by atoms with Gasteiger partial charge in [-0.3, -0.25) is 0 Å². The van der Waals surface area contributed by atoms with Crippen molar-refractivity contribution in [3.05, 3.63) is 135 Å². The number of rotatable bonds is 10.